The number of methoxy groups -OCH3 is 3. The van der Waals surface area contributed by atoms with Gasteiger partial charge >= 0.3 is 6.03 Å². The van der Waals surface area contributed by atoms with Crippen LogP contribution in [0.25, 0.3) is 0 Å². The van der Waals surface area contributed by atoms with Gasteiger partial charge in [0.1, 0.15) is 9.84 Å². The Kier molecular flexibility index (Phi) is 10.6. The highest BCUT2D eigenvalue weighted by atomic mass is 35.5. The molecular weight excluding hydrogens is 568 g/mol. The molecule has 41 heavy (non-hydrogen) atoms. The third kappa shape index (κ3) is 8.64. The van der Waals surface area contributed by atoms with E-state index in [0.717, 1.165) is 37.4 Å². The Labute approximate surface area is 248 Å². The van der Waals surface area contributed by atoms with Gasteiger partial charge in [-0.05, 0) is 56.0 Å². The fourth-order valence-electron chi connectivity index (χ4n) is 5.79. The van der Waals surface area contributed by atoms with Crippen LogP contribution in [-0.4, -0.2) is 102 Å². The highest BCUT2D eigenvalue weighted by Gasteiger charge is 2.39. The number of amides is 2. The molecule has 12 heteroatoms. The summed E-state index contributed by atoms with van der Waals surface area (Å²) in [6, 6.07) is 11.0. The third-order valence-electron chi connectivity index (χ3n) is 7.94. The molecule has 2 aliphatic rings. The van der Waals surface area contributed by atoms with E-state index >= 15 is 0 Å². The van der Waals surface area contributed by atoms with E-state index in [-0.39, 0.29) is 23.9 Å². The molecule has 10 nitrogen and oxygen atoms in total. The monoisotopic (exact) mass is 608 g/mol. The van der Waals surface area contributed by atoms with Gasteiger partial charge in [0.2, 0.25) is 5.75 Å². The molecule has 226 valence electrons. The summed E-state index contributed by atoms with van der Waals surface area (Å²) in [5, 5.41) is 6.80. The van der Waals surface area contributed by atoms with Gasteiger partial charge in [-0.25, -0.2) is 13.2 Å². The number of hydrogen-bond acceptors (Lipinski definition) is 8. The van der Waals surface area contributed by atoms with Crippen molar-refractivity contribution in [3.05, 3.63) is 47.0 Å². The lowest BCUT2D eigenvalue weighted by atomic mass is 9.89. The van der Waals surface area contributed by atoms with E-state index in [2.05, 4.69) is 32.6 Å². The highest BCUT2D eigenvalue weighted by Crippen LogP contribution is 2.40. The molecule has 2 aliphatic heterocycles. The molecule has 0 unspecified atom stereocenters. The molecule has 0 aromatic heterocycles. The van der Waals surface area contributed by atoms with Crippen LogP contribution in [0.15, 0.2) is 36.4 Å². The van der Waals surface area contributed by atoms with E-state index in [1.165, 1.54) is 33.1 Å². The van der Waals surface area contributed by atoms with E-state index in [9.17, 15) is 13.2 Å². The predicted molar refractivity (Wildman–Crippen MR) is 161 cm³/mol. The van der Waals surface area contributed by atoms with Crippen LogP contribution in [0.3, 0.4) is 0 Å². The summed E-state index contributed by atoms with van der Waals surface area (Å²) in [5.41, 5.74) is 1.80. The predicted octanol–water partition coefficient (Wildman–Crippen LogP) is 3.54. The molecule has 2 atom stereocenters. The topological polar surface area (TPSA) is 109 Å². The van der Waals surface area contributed by atoms with E-state index in [1.54, 1.807) is 12.1 Å². The van der Waals surface area contributed by atoms with Crippen molar-refractivity contribution < 1.29 is 27.4 Å². The van der Waals surface area contributed by atoms with Gasteiger partial charge in [0, 0.05) is 49.1 Å². The first kappa shape index (κ1) is 31.2. The number of ether oxygens (including phenoxy) is 3. The Morgan fingerprint density at radius 2 is 1.63 bits per heavy atom. The lowest BCUT2D eigenvalue weighted by Gasteiger charge is -2.38. The number of nitrogens with zero attached hydrogens (tertiary/aromatic N) is 2. The van der Waals surface area contributed by atoms with Crippen LogP contribution in [0.1, 0.15) is 18.4 Å². The highest BCUT2D eigenvalue weighted by molar-refractivity contribution is 7.90. The summed E-state index contributed by atoms with van der Waals surface area (Å²) in [7, 11) is 1.48. The van der Waals surface area contributed by atoms with Crippen molar-refractivity contribution in [2.45, 2.75) is 31.3 Å². The molecular formula is C29H41ClN4O6S. The zero-order valence-electron chi connectivity index (χ0n) is 24.2. The van der Waals surface area contributed by atoms with Crippen molar-refractivity contribution in [2.75, 3.05) is 71.4 Å². The number of urea groups is 1. The first-order valence-corrected chi connectivity index (χ1v) is 16.3. The number of sulfone groups is 1. The van der Waals surface area contributed by atoms with Crippen LogP contribution in [0.4, 0.5) is 10.5 Å². The normalized spacial score (nSPS) is 20.5. The molecule has 0 radical (unpaired) electrons. The van der Waals surface area contributed by atoms with E-state index in [0.29, 0.717) is 48.5 Å². The Balaban J connectivity index is 1.41. The quantitative estimate of drug-likeness (QED) is 0.399. The minimum atomic E-state index is -3.09. The van der Waals surface area contributed by atoms with Gasteiger partial charge < -0.3 is 24.8 Å². The average molecular weight is 609 g/mol. The Hall–Kier alpha value is -2.73. The van der Waals surface area contributed by atoms with Crippen LogP contribution in [-0.2, 0) is 16.3 Å². The van der Waals surface area contributed by atoms with Gasteiger partial charge in [0.05, 0.1) is 38.8 Å². The van der Waals surface area contributed by atoms with Crippen LogP contribution >= 0.6 is 11.6 Å². The standard InChI is InChI=1S/C29H41ClN4O6S/c1-38-26-16-23(17-27(39-2)28(26)40-3)31-29(35)32-24-18-33(13-14-41(4,36)37)19-25(24)34-11-9-21(10-12-34)15-20-5-7-22(30)8-6-20/h5-8,16-17,21,24-25H,9-15,18-19H2,1-4H3,(H2,31,32,35)/t24-,25-/m0/s1. The number of hydrogen-bond donors (Lipinski definition) is 2. The number of anilines is 1. The number of piperidine rings is 1. The van der Waals surface area contributed by atoms with Crippen molar-refractivity contribution in [3.63, 3.8) is 0 Å². The number of likely N-dealkylation sites (tertiary alicyclic amines) is 2. The second-order valence-electron chi connectivity index (χ2n) is 10.9. The van der Waals surface area contributed by atoms with Crippen LogP contribution in [0, 0.1) is 5.92 Å². The number of carbonyl (C=O) groups excluding carboxylic acids is 1. The zero-order valence-corrected chi connectivity index (χ0v) is 25.8. The minimum absolute atomic E-state index is 0.0803. The maximum Gasteiger partial charge on any atom is 0.319 e. The van der Waals surface area contributed by atoms with Gasteiger partial charge in [0.25, 0.3) is 0 Å². The molecule has 0 spiro atoms. The van der Waals surface area contributed by atoms with Gasteiger partial charge in [-0.3, -0.25) is 9.80 Å². The SMILES string of the molecule is COc1cc(NC(=O)N[C@H]2CN(CCS(C)(=O)=O)C[C@@H]2N2CCC(Cc3ccc(Cl)cc3)CC2)cc(OC)c1OC. The molecule has 2 N–H and O–H groups in total. The fraction of sp³-hybridized carbons (Fsp3) is 0.552. The van der Waals surface area contributed by atoms with Crippen molar-refractivity contribution in [1.29, 1.82) is 0 Å². The molecule has 0 aliphatic carbocycles. The lowest BCUT2D eigenvalue weighted by molar-refractivity contribution is 0.122. The van der Waals surface area contributed by atoms with Crippen LogP contribution in [0.5, 0.6) is 17.2 Å². The summed E-state index contributed by atoms with van der Waals surface area (Å²) in [4.78, 5) is 17.8. The number of rotatable bonds is 11. The number of halogens is 1. The Morgan fingerprint density at radius 1 is 1.00 bits per heavy atom. The van der Waals surface area contributed by atoms with Gasteiger partial charge in [-0.2, -0.15) is 0 Å². The average Bonchev–Trinajstić information content (AvgIpc) is 3.35. The molecule has 0 saturated carbocycles. The largest absolute Gasteiger partial charge is 0.493 e. The summed E-state index contributed by atoms with van der Waals surface area (Å²) in [6.07, 6.45) is 4.40. The maximum atomic E-state index is 13.2. The van der Waals surface area contributed by atoms with E-state index in [4.69, 9.17) is 25.8 Å². The first-order chi connectivity index (χ1) is 19.6. The van der Waals surface area contributed by atoms with Gasteiger partial charge in [-0.1, -0.05) is 23.7 Å². The van der Waals surface area contributed by atoms with E-state index in [1.807, 2.05) is 12.1 Å². The van der Waals surface area contributed by atoms with Gasteiger partial charge in [-0.15, -0.1) is 0 Å². The zero-order chi connectivity index (χ0) is 29.6. The van der Waals surface area contributed by atoms with Crippen LogP contribution < -0.4 is 24.8 Å². The van der Waals surface area contributed by atoms with Crippen molar-refractivity contribution in [3.8, 4) is 17.2 Å². The first-order valence-electron chi connectivity index (χ1n) is 13.8. The number of benzene rings is 2. The smallest absolute Gasteiger partial charge is 0.319 e. The number of nitrogens with one attached hydrogen (secondary N) is 2. The molecule has 2 fully saturated rings. The molecule has 2 heterocycles. The van der Waals surface area contributed by atoms with Gasteiger partial charge in [0.15, 0.2) is 11.5 Å². The van der Waals surface area contributed by atoms with Crippen molar-refractivity contribution >= 4 is 33.2 Å². The molecule has 0 bridgehead atoms. The van der Waals surface area contributed by atoms with Crippen LogP contribution in [0.2, 0.25) is 5.02 Å². The molecule has 2 aromatic carbocycles. The fourth-order valence-corrected chi connectivity index (χ4v) is 6.50. The molecule has 2 aromatic rings. The molecule has 2 amide bonds. The second-order valence-corrected chi connectivity index (χ2v) is 13.6. The molecule has 4 rings (SSSR count). The maximum absolute atomic E-state index is 13.2. The van der Waals surface area contributed by atoms with Crippen molar-refractivity contribution in [2.24, 2.45) is 5.92 Å². The summed E-state index contributed by atoms with van der Waals surface area (Å²) in [6.45, 7) is 3.57. The Morgan fingerprint density at radius 3 is 2.20 bits per heavy atom. The summed E-state index contributed by atoms with van der Waals surface area (Å²) >= 11 is 6.05. The lowest BCUT2D eigenvalue weighted by Crippen LogP contribution is -2.54. The third-order valence-corrected chi connectivity index (χ3v) is 9.11. The summed E-state index contributed by atoms with van der Waals surface area (Å²) in [5.74, 6) is 2.00. The summed E-state index contributed by atoms with van der Waals surface area (Å²) < 4.78 is 39.9. The van der Waals surface area contributed by atoms with E-state index < -0.39 is 9.84 Å². The second kappa shape index (κ2) is 14.0. The Bertz CT molecular complexity index is 1260. The molecule has 2 saturated heterocycles. The minimum Gasteiger partial charge on any atom is -0.493 e. The van der Waals surface area contributed by atoms with Crippen molar-refractivity contribution in [1.82, 2.24) is 15.1 Å². The number of carbonyl (C=O) groups is 1.